The van der Waals surface area contributed by atoms with Crippen LogP contribution in [0.15, 0.2) is 54.2 Å². The maximum atomic E-state index is 12.3. The first-order valence-corrected chi connectivity index (χ1v) is 10.5. The second-order valence-electron chi connectivity index (χ2n) is 6.20. The molecule has 28 heavy (non-hydrogen) atoms. The van der Waals surface area contributed by atoms with Crippen molar-refractivity contribution in [3.05, 3.63) is 69.6 Å². The Bertz CT molecular complexity index is 1060. The number of rotatable bonds is 8. The molecule has 3 heterocycles. The van der Waals surface area contributed by atoms with Crippen molar-refractivity contribution in [1.82, 2.24) is 15.0 Å². The summed E-state index contributed by atoms with van der Waals surface area (Å²) in [6.07, 6.45) is 1.75. The molecule has 0 radical (unpaired) electrons. The fourth-order valence-electron chi connectivity index (χ4n) is 2.83. The van der Waals surface area contributed by atoms with Crippen molar-refractivity contribution in [3.63, 3.8) is 0 Å². The number of carbonyl (C=O) groups is 1. The van der Waals surface area contributed by atoms with Crippen LogP contribution in [0.4, 0.5) is 5.82 Å². The zero-order chi connectivity index (χ0) is 19.3. The van der Waals surface area contributed by atoms with Gasteiger partial charge in [0.1, 0.15) is 21.7 Å². The molecule has 1 unspecified atom stereocenters. The van der Waals surface area contributed by atoms with Crippen LogP contribution in [0.2, 0.25) is 0 Å². The Morgan fingerprint density at radius 3 is 2.79 bits per heavy atom. The van der Waals surface area contributed by atoms with Gasteiger partial charge < -0.3 is 10.4 Å². The third kappa shape index (κ3) is 4.24. The number of ketones is 1. The SMILES string of the molecule is O=C(Cc1nc2c(NCCC(O)c3ccccc3)ncnc2s1)c1cccs1. The highest BCUT2D eigenvalue weighted by molar-refractivity contribution is 7.18. The summed E-state index contributed by atoms with van der Waals surface area (Å²) in [6.45, 7) is 0.545. The predicted octanol–water partition coefficient (Wildman–Crippen LogP) is 4.11. The van der Waals surface area contributed by atoms with Crippen LogP contribution < -0.4 is 5.32 Å². The number of carbonyl (C=O) groups excluding carboxylic acids is 1. The van der Waals surface area contributed by atoms with E-state index in [2.05, 4.69) is 20.3 Å². The van der Waals surface area contributed by atoms with Gasteiger partial charge in [0.05, 0.1) is 17.4 Å². The molecule has 2 N–H and O–H groups in total. The fraction of sp³-hybridized carbons (Fsp3) is 0.200. The van der Waals surface area contributed by atoms with E-state index in [1.165, 1.54) is 29.0 Å². The lowest BCUT2D eigenvalue weighted by molar-refractivity contribution is 0.0997. The Balaban J connectivity index is 1.43. The molecule has 4 aromatic rings. The van der Waals surface area contributed by atoms with Crippen LogP contribution in [0.25, 0.3) is 10.3 Å². The number of nitrogens with zero attached hydrogens (tertiary/aromatic N) is 3. The van der Waals surface area contributed by atoms with Gasteiger partial charge in [0.15, 0.2) is 11.6 Å². The van der Waals surface area contributed by atoms with Gasteiger partial charge in [-0.2, -0.15) is 0 Å². The first-order chi connectivity index (χ1) is 13.7. The van der Waals surface area contributed by atoms with E-state index in [0.29, 0.717) is 24.3 Å². The summed E-state index contributed by atoms with van der Waals surface area (Å²) in [5, 5.41) is 16.1. The molecule has 1 aromatic carbocycles. The molecule has 0 spiro atoms. The zero-order valence-electron chi connectivity index (χ0n) is 14.9. The van der Waals surface area contributed by atoms with E-state index < -0.39 is 6.10 Å². The summed E-state index contributed by atoms with van der Waals surface area (Å²) in [5.41, 5.74) is 1.55. The first-order valence-electron chi connectivity index (χ1n) is 8.84. The number of fused-ring (bicyclic) bond motifs is 1. The molecular weight excluding hydrogens is 392 g/mol. The van der Waals surface area contributed by atoms with E-state index in [1.54, 1.807) is 0 Å². The van der Waals surface area contributed by atoms with Gasteiger partial charge in [-0.05, 0) is 23.4 Å². The molecule has 0 fully saturated rings. The normalized spacial score (nSPS) is 12.2. The maximum Gasteiger partial charge on any atom is 0.179 e. The van der Waals surface area contributed by atoms with Gasteiger partial charge in [-0.3, -0.25) is 4.79 Å². The molecule has 142 valence electrons. The highest BCUT2D eigenvalue weighted by atomic mass is 32.1. The summed E-state index contributed by atoms with van der Waals surface area (Å²) in [4.78, 5) is 26.9. The lowest BCUT2D eigenvalue weighted by atomic mass is 10.1. The smallest absolute Gasteiger partial charge is 0.179 e. The molecule has 0 aliphatic carbocycles. The van der Waals surface area contributed by atoms with Crippen molar-refractivity contribution < 1.29 is 9.90 Å². The molecule has 0 amide bonds. The highest BCUT2D eigenvalue weighted by Crippen LogP contribution is 2.26. The molecular formula is C20H18N4O2S2. The predicted molar refractivity (Wildman–Crippen MR) is 112 cm³/mol. The third-order valence-corrected chi connectivity index (χ3v) is 6.12. The Morgan fingerprint density at radius 2 is 2.00 bits per heavy atom. The van der Waals surface area contributed by atoms with Gasteiger partial charge in [0, 0.05) is 6.54 Å². The minimum atomic E-state index is -0.541. The number of aliphatic hydroxyl groups is 1. The summed E-state index contributed by atoms with van der Waals surface area (Å²) >= 11 is 2.84. The monoisotopic (exact) mass is 410 g/mol. The van der Waals surface area contributed by atoms with Crippen LogP contribution in [0.1, 0.15) is 32.8 Å². The number of hydrogen-bond acceptors (Lipinski definition) is 8. The van der Waals surface area contributed by atoms with Crippen molar-refractivity contribution in [2.45, 2.75) is 18.9 Å². The number of thiophene rings is 1. The number of hydrogen-bond donors (Lipinski definition) is 2. The van der Waals surface area contributed by atoms with Gasteiger partial charge in [-0.1, -0.05) is 47.7 Å². The molecule has 0 bridgehead atoms. The highest BCUT2D eigenvalue weighted by Gasteiger charge is 2.15. The second kappa shape index (κ2) is 8.55. The largest absolute Gasteiger partial charge is 0.388 e. The van der Waals surface area contributed by atoms with E-state index >= 15 is 0 Å². The minimum Gasteiger partial charge on any atom is -0.388 e. The van der Waals surface area contributed by atoms with Crippen LogP contribution in [0, 0.1) is 0 Å². The molecule has 1 atom stereocenters. The van der Waals surface area contributed by atoms with Gasteiger partial charge in [0.25, 0.3) is 0 Å². The number of benzene rings is 1. The van der Waals surface area contributed by atoms with E-state index in [9.17, 15) is 9.90 Å². The number of anilines is 1. The lowest BCUT2D eigenvalue weighted by Gasteiger charge is -2.11. The van der Waals surface area contributed by atoms with Crippen molar-refractivity contribution in [2.75, 3.05) is 11.9 Å². The van der Waals surface area contributed by atoms with Crippen LogP contribution in [0.5, 0.6) is 0 Å². The van der Waals surface area contributed by atoms with E-state index in [0.717, 1.165) is 20.3 Å². The van der Waals surface area contributed by atoms with Gasteiger partial charge in [-0.25, -0.2) is 15.0 Å². The van der Waals surface area contributed by atoms with Crippen LogP contribution in [-0.4, -0.2) is 32.4 Å². The van der Waals surface area contributed by atoms with Gasteiger partial charge in [0.2, 0.25) is 0 Å². The summed E-state index contributed by atoms with van der Waals surface area (Å²) in [7, 11) is 0. The Hall–Kier alpha value is -2.68. The zero-order valence-corrected chi connectivity index (χ0v) is 16.5. The van der Waals surface area contributed by atoms with E-state index in [4.69, 9.17) is 0 Å². The number of thiazole rings is 1. The maximum absolute atomic E-state index is 12.3. The standard InChI is InChI=1S/C20H18N4O2S2/c25-14(13-5-2-1-3-6-13)8-9-21-19-18-20(23-12-22-19)28-17(24-18)11-15(26)16-7-4-10-27-16/h1-7,10,12,14,25H,8-9,11H2,(H,21,22,23). The number of nitrogens with one attached hydrogen (secondary N) is 1. The minimum absolute atomic E-state index is 0.0579. The summed E-state index contributed by atoms with van der Waals surface area (Å²) < 4.78 is 0. The van der Waals surface area contributed by atoms with Crippen LogP contribution in [-0.2, 0) is 6.42 Å². The quantitative estimate of drug-likeness (QED) is 0.425. The molecule has 3 aromatic heterocycles. The van der Waals surface area contributed by atoms with Crippen LogP contribution >= 0.6 is 22.7 Å². The average molecular weight is 411 g/mol. The summed E-state index contributed by atoms with van der Waals surface area (Å²) in [5.74, 6) is 0.679. The molecule has 0 aliphatic heterocycles. The number of Topliss-reactive ketones (excluding diaryl/α,β-unsaturated/α-hetero) is 1. The fourth-order valence-corrected chi connectivity index (χ4v) is 4.40. The average Bonchev–Trinajstić information content (AvgIpc) is 3.38. The Labute approximate surface area is 169 Å². The van der Waals surface area contributed by atoms with Gasteiger partial charge >= 0.3 is 0 Å². The number of aliphatic hydroxyl groups excluding tert-OH is 1. The van der Waals surface area contributed by atoms with Gasteiger partial charge in [-0.15, -0.1) is 11.3 Å². The van der Waals surface area contributed by atoms with Crippen molar-refractivity contribution in [1.29, 1.82) is 0 Å². The third-order valence-electron chi connectivity index (χ3n) is 4.24. The van der Waals surface area contributed by atoms with E-state index in [1.807, 2.05) is 47.8 Å². The summed E-state index contributed by atoms with van der Waals surface area (Å²) in [6, 6.07) is 13.3. The number of aromatic nitrogens is 3. The molecule has 0 saturated heterocycles. The van der Waals surface area contributed by atoms with Crippen molar-refractivity contribution >= 4 is 44.6 Å². The Morgan fingerprint density at radius 1 is 1.14 bits per heavy atom. The molecule has 0 saturated carbocycles. The van der Waals surface area contributed by atoms with Crippen LogP contribution in [0.3, 0.4) is 0 Å². The van der Waals surface area contributed by atoms with Crippen molar-refractivity contribution in [2.24, 2.45) is 0 Å². The van der Waals surface area contributed by atoms with Crippen molar-refractivity contribution in [3.8, 4) is 0 Å². The van der Waals surface area contributed by atoms with E-state index in [-0.39, 0.29) is 12.2 Å². The topological polar surface area (TPSA) is 88.0 Å². The first kappa shape index (κ1) is 18.7. The Kier molecular flexibility index (Phi) is 5.70. The molecule has 8 heteroatoms. The second-order valence-corrected chi connectivity index (χ2v) is 8.21. The molecule has 6 nitrogen and oxygen atoms in total. The lowest BCUT2D eigenvalue weighted by Crippen LogP contribution is -2.09. The molecule has 0 aliphatic rings. The molecule has 4 rings (SSSR count).